The van der Waals surface area contributed by atoms with Crippen molar-refractivity contribution in [3.63, 3.8) is 0 Å². The lowest BCUT2D eigenvalue weighted by Crippen LogP contribution is -2.33. The van der Waals surface area contributed by atoms with Gasteiger partial charge in [0, 0.05) is 45.6 Å². The van der Waals surface area contributed by atoms with Gasteiger partial charge in [-0.15, -0.1) is 0 Å². The molecule has 0 fully saturated rings. The largest absolute Gasteiger partial charge is 0.378 e. The van der Waals surface area contributed by atoms with Crippen molar-refractivity contribution in [1.82, 2.24) is 10.2 Å². The first-order chi connectivity index (χ1) is 29.0. The van der Waals surface area contributed by atoms with E-state index in [0.29, 0.717) is 92.3 Å². The fourth-order valence-corrected chi connectivity index (χ4v) is 6.33. The molecule has 2 aromatic carbocycles. The summed E-state index contributed by atoms with van der Waals surface area (Å²) in [6.07, 6.45) is 0. The molecule has 0 spiro atoms. The van der Waals surface area contributed by atoms with E-state index in [1.165, 1.54) is 14.2 Å². The van der Waals surface area contributed by atoms with Crippen LogP contribution in [-0.2, 0) is 86.3 Å². The number of likely N-dealkylation sites (N-methyl/N-ethyl adjacent to an activating group) is 2. The third-order valence-corrected chi connectivity index (χ3v) is 12.5. The van der Waals surface area contributed by atoms with E-state index in [9.17, 15) is 18.0 Å². The first-order valence-corrected chi connectivity index (χ1v) is 25.9. The van der Waals surface area contributed by atoms with Crippen molar-refractivity contribution in [1.29, 1.82) is 0 Å². The molecule has 0 saturated carbocycles. The molecule has 21 heteroatoms. The Bertz CT molecular complexity index is 1670. The smallest absolute Gasteiger partial charge is 0.238 e. The van der Waals surface area contributed by atoms with Gasteiger partial charge in [0.2, 0.25) is 11.8 Å². The highest BCUT2D eigenvalue weighted by Gasteiger charge is 2.10. The van der Waals surface area contributed by atoms with Gasteiger partial charge in [-0.1, -0.05) is 52.3 Å². The summed E-state index contributed by atoms with van der Waals surface area (Å²) in [7, 11) is 1.08. The molecular formula is C40H69BrN4O12S4. The van der Waals surface area contributed by atoms with Crippen molar-refractivity contribution < 1.29 is 54.8 Å². The maximum Gasteiger partial charge on any atom is 0.238 e. The minimum Gasteiger partial charge on any atom is -0.378 e. The number of halogens is 1. The number of nitrogens with zero attached hydrogens (tertiary/aromatic N) is 1. The first kappa shape index (κ1) is 59.2. The number of amides is 2. The van der Waals surface area contributed by atoms with E-state index in [4.69, 9.17) is 39.6 Å². The second-order valence-corrected chi connectivity index (χ2v) is 20.7. The molecule has 2 unspecified atom stereocenters. The van der Waals surface area contributed by atoms with Gasteiger partial charge in [0.05, 0.1) is 118 Å². The average Bonchev–Trinajstić information content (AvgIpc) is 3.21. The number of alkyl halides is 1. The molecule has 0 aliphatic carbocycles. The number of benzene rings is 2. The summed E-state index contributed by atoms with van der Waals surface area (Å²) in [5.41, 5.74) is 6.09. The molecular weight excluding hydrogens is 937 g/mol. The molecule has 2 aromatic rings. The van der Waals surface area contributed by atoms with E-state index in [1.807, 2.05) is 76.0 Å². The average molecular weight is 1010 g/mol. The van der Waals surface area contributed by atoms with Gasteiger partial charge in [0.15, 0.2) is 0 Å². The number of rotatable bonds is 31. The maximum atomic E-state index is 12.2. The predicted molar refractivity (Wildman–Crippen MR) is 254 cm³/mol. The Labute approximate surface area is 383 Å². The molecule has 0 saturated heterocycles. The molecule has 61 heavy (non-hydrogen) atoms. The van der Waals surface area contributed by atoms with Crippen LogP contribution in [0, 0.1) is 27.7 Å². The number of hydrogen-bond acceptors (Lipinski definition) is 16. The van der Waals surface area contributed by atoms with Crippen LogP contribution in [0.1, 0.15) is 22.3 Å². The van der Waals surface area contributed by atoms with Crippen LogP contribution in [0.2, 0.25) is 0 Å². The number of carbonyl (C=O) groups is 2. The SMILES string of the molecule is CNCC(=O)Nc1c(C)cccc1C.COS(=O)(=S)CCOCCOCCOCCBr.COS(=O)(=S)CCOCCOCCOCCN(C)CC(=O)Nc1c(C)cccc1C. The van der Waals surface area contributed by atoms with Crippen LogP contribution in [0.5, 0.6) is 0 Å². The second-order valence-electron chi connectivity index (χ2n) is 13.1. The molecule has 2 atom stereocenters. The van der Waals surface area contributed by atoms with Crippen molar-refractivity contribution in [2.45, 2.75) is 27.7 Å². The van der Waals surface area contributed by atoms with Gasteiger partial charge in [-0.3, -0.25) is 22.9 Å². The van der Waals surface area contributed by atoms with Crippen LogP contribution < -0.4 is 16.0 Å². The summed E-state index contributed by atoms with van der Waals surface area (Å²) in [6.45, 7) is 14.8. The molecule has 2 amide bonds. The predicted octanol–water partition coefficient (Wildman–Crippen LogP) is 3.73. The molecule has 0 bridgehead atoms. The Balaban J connectivity index is 0.000000978. The number of carbonyl (C=O) groups excluding carboxylic acids is 2. The molecule has 0 aliphatic heterocycles. The van der Waals surface area contributed by atoms with Crippen LogP contribution in [0.15, 0.2) is 36.4 Å². The minimum absolute atomic E-state index is 0.00935. The normalized spacial score (nSPS) is 13.0. The van der Waals surface area contributed by atoms with Crippen molar-refractivity contribution >= 4 is 79.0 Å². The van der Waals surface area contributed by atoms with Gasteiger partial charge in [0.25, 0.3) is 0 Å². The third-order valence-electron chi connectivity index (χ3n) is 8.03. The maximum absolute atomic E-state index is 12.2. The van der Waals surface area contributed by atoms with E-state index < -0.39 is 17.5 Å². The number of ether oxygens (including phenoxy) is 6. The molecule has 2 rings (SSSR count). The number of anilines is 2. The summed E-state index contributed by atoms with van der Waals surface area (Å²) in [6, 6.07) is 11.9. The fourth-order valence-electron chi connectivity index (χ4n) is 4.72. The van der Waals surface area contributed by atoms with Crippen molar-refractivity contribution in [2.24, 2.45) is 0 Å². The molecule has 16 nitrogen and oxygen atoms in total. The standard InChI is InChI=1S/C20H34N2O6S2.C11H16N2O.C9H19BrO5S2/c1-17-6-5-7-18(2)20(17)21-19(23)16-22(3)8-9-26-10-11-27-12-13-28-14-15-30(24,29)25-4;1-8-5-4-6-9(2)11(8)13-10(14)7-12-3;1-12-17(11,16)9-8-15-7-6-14-5-4-13-3-2-10/h5-7H,8-16H2,1-4H3,(H,21,23);4-6,12H,7H2,1-3H3,(H,13,14);2-9H2,1H3. The van der Waals surface area contributed by atoms with Gasteiger partial charge < -0.3 is 44.4 Å². The number of nitrogens with one attached hydrogen (secondary N) is 3. The molecule has 0 radical (unpaired) electrons. The number of hydrogen-bond donors (Lipinski definition) is 3. The van der Waals surface area contributed by atoms with E-state index >= 15 is 0 Å². The zero-order valence-corrected chi connectivity index (χ0v) is 41.9. The Kier molecular flexibility index (Phi) is 35.5. The van der Waals surface area contributed by atoms with E-state index in [2.05, 4.69) is 51.4 Å². The van der Waals surface area contributed by atoms with Crippen molar-refractivity contribution in [3.05, 3.63) is 58.7 Å². The lowest BCUT2D eigenvalue weighted by Gasteiger charge is -2.17. The lowest BCUT2D eigenvalue weighted by molar-refractivity contribution is -0.117. The quantitative estimate of drug-likeness (QED) is 0.0734. The molecule has 0 aromatic heterocycles. The molecule has 0 aliphatic rings. The molecule has 0 heterocycles. The summed E-state index contributed by atoms with van der Waals surface area (Å²) in [5, 5.41) is 9.50. The number of para-hydroxylation sites is 2. The molecule has 352 valence electrons. The van der Waals surface area contributed by atoms with Crippen LogP contribution >= 0.6 is 15.9 Å². The Morgan fingerprint density at radius 2 is 0.951 bits per heavy atom. The van der Waals surface area contributed by atoms with Gasteiger partial charge in [-0.25, -0.2) is 8.42 Å². The van der Waals surface area contributed by atoms with Crippen LogP contribution in [0.25, 0.3) is 0 Å². The van der Waals surface area contributed by atoms with Gasteiger partial charge in [-0.05, 0) is 64.0 Å². The van der Waals surface area contributed by atoms with Crippen molar-refractivity contribution in [2.75, 3.05) is 155 Å². The Morgan fingerprint density at radius 1 is 0.607 bits per heavy atom. The summed E-state index contributed by atoms with van der Waals surface area (Å²) >= 11 is 12.7. The van der Waals surface area contributed by atoms with Crippen LogP contribution in [0.3, 0.4) is 0 Å². The van der Waals surface area contributed by atoms with E-state index in [0.717, 1.165) is 39.0 Å². The van der Waals surface area contributed by atoms with Crippen LogP contribution in [0.4, 0.5) is 11.4 Å². The highest BCUT2D eigenvalue weighted by molar-refractivity contribution is 9.09. The van der Waals surface area contributed by atoms with E-state index in [1.54, 1.807) is 7.05 Å². The van der Waals surface area contributed by atoms with Crippen LogP contribution in [-0.4, -0.2) is 169 Å². The van der Waals surface area contributed by atoms with Gasteiger partial charge >= 0.3 is 0 Å². The zero-order chi connectivity index (χ0) is 45.9. The van der Waals surface area contributed by atoms with Crippen molar-refractivity contribution in [3.8, 4) is 0 Å². The summed E-state index contributed by atoms with van der Waals surface area (Å²) < 4.78 is 63.9. The van der Waals surface area contributed by atoms with Gasteiger partial charge in [-0.2, -0.15) is 0 Å². The third kappa shape index (κ3) is 32.5. The zero-order valence-electron chi connectivity index (χ0n) is 37.0. The highest BCUT2D eigenvalue weighted by atomic mass is 79.9. The monoisotopic (exact) mass is 1000 g/mol. The van der Waals surface area contributed by atoms with Gasteiger partial charge in [0.1, 0.15) is 17.5 Å². The highest BCUT2D eigenvalue weighted by Crippen LogP contribution is 2.20. The Hall–Kier alpha value is -1.80. The number of aryl methyl sites for hydroxylation is 4. The lowest BCUT2D eigenvalue weighted by atomic mass is 10.1. The van der Waals surface area contributed by atoms with E-state index in [-0.39, 0.29) is 29.9 Å². The first-order valence-electron chi connectivity index (χ1n) is 19.7. The summed E-state index contributed by atoms with van der Waals surface area (Å²) in [4.78, 5) is 25.5. The topological polar surface area (TPSA) is 181 Å². The summed E-state index contributed by atoms with van der Waals surface area (Å²) in [5.74, 6) is 0.367. The minimum atomic E-state index is -2.64. The molecule has 3 N–H and O–H groups in total. The fraction of sp³-hybridized carbons (Fsp3) is 0.650. The Morgan fingerprint density at radius 3 is 1.31 bits per heavy atom. The second kappa shape index (κ2) is 36.5.